The highest BCUT2D eigenvalue weighted by molar-refractivity contribution is 5.83. The zero-order chi connectivity index (χ0) is 13.5. The highest BCUT2D eigenvalue weighted by atomic mass is 15.3. The van der Waals surface area contributed by atoms with Crippen molar-refractivity contribution >= 4 is 12.2 Å². The van der Waals surface area contributed by atoms with Crippen molar-refractivity contribution in [2.24, 2.45) is 15.8 Å². The van der Waals surface area contributed by atoms with E-state index in [9.17, 15) is 0 Å². The normalized spacial score (nSPS) is 11.7. The van der Waals surface area contributed by atoms with Crippen molar-refractivity contribution in [3.8, 4) is 11.1 Å². The molecule has 0 aliphatic carbocycles. The number of aliphatic imine (C=N–C) groups is 1. The Bertz CT molecular complexity index is 571. The Labute approximate surface area is 112 Å². The number of hydrogen-bond donors (Lipinski definition) is 2. The SMILES string of the molecule is CN=C(N)NN=Cc1ccc(-c2ccccc2)cc1. The molecule has 19 heavy (non-hydrogen) atoms. The Kier molecular flexibility index (Phi) is 4.29. The lowest BCUT2D eigenvalue weighted by Crippen LogP contribution is -2.26. The van der Waals surface area contributed by atoms with Crippen LogP contribution in [0.5, 0.6) is 0 Å². The summed E-state index contributed by atoms with van der Waals surface area (Å²) in [5, 5.41) is 3.98. The van der Waals surface area contributed by atoms with Crippen molar-refractivity contribution in [3.05, 3.63) is 60.2 Å². The van der Waals surface area contributed by atoms with E-state index in [-0.39, 0.29) is 5.96 Å². The first-order valence-electron chi connectivity index (χ1n) is 5.96. The van der Waals surface area contributed by atoms with Gasteiger partial charge in [-0.2, -0.15) is 5.10 Å². The Hall–Kier alpha value is -2.62. The molecule has 0 heterocycles. The van der Waals surface area contributed by atoms with E-state index in [0.717, 1.165) is 5.56 Å². The first-order valence-corrected chi connectivity index (χ1v) is 5.96. The lowest BCUT2D eigenvalue weighted by atomic mass is 10.0. The fourth-order valence-corrected chi connectivity index (χ4v) is 1.62. The zero-order valence-corrected chi connectivity index (χ0v) is 10.7. The molecule has 0 unspecified atom stereocenters. The van der Waals surface area contributed by atoms with Gasteiger partial charge in [-0.25, -0.2) is 5.43 Å². The maximum atomic E-state index is 5.46. The molecule has 0 spiro atoms. The molecule has 0 aromatic heterocycles. The molecule has 0 saturated heterocycles. The first-order chi connectivity index (χ1) is 9.29. The van der Waals surface area contributed by atoms with Gasteiger partial charge in [0.15, 0.2) is 0 Å². The molecule has 0 atom stereocenters. The van der Waals surface area contributed by atoms with Gasteiger partial charge in [-0.15, -0.1) is 0 Å². The third-order valence-corrected chi connectivity index (χ3v) is 2.65. The molecule has 2 aromatic carbocycles. The molecule has 2 rings (SSSR count). The highest BCUT2D eigenvalue weighted by Crippen LogP contribution is 2.18. The molecular weight excluding hydrogens is 236 g/mol. The monoisotopic (exact) mass is 252 g/mol. The van der Waals surface area contributed by atoms with Crippen LogP contribution in [0.1, 0.15) is 5.56 Å². The van der Waals surface area contributed by atoms with Gasteiger partial charge in [-0.05, 0) is 16.7 Å². The number of guanidine groups is 1. The van der Waals surface area contributed by atoms with Gasteiger partial charge in [-0.1, -0.05) is 54.6 Å². The third kappa shape index (κ3) is 3.67. The van der Waals surface area contributed by atoms with Crippen molar-refractivity contribution in [2.45, 2.75) is 0 Å². The molecule has 0 aliphatic rings. The topological polar surface area (TPSA) is 62.8 Å². The summed E-state index contributed by atoms with van der Waals surface area (Å²) < 4.78 is 0. The van der Waals surface area contributed by atoms with Crippen LogP contribution in [0, 0.1) is 0 Å². The van der Waals surface area contributed by atoms with E-state index >= 15 is 0 Å². The van der Waals surface area contributed by atoms with Gasteiger partial charge in [0.2, 0.25) is 5.96 Å². The van der Waals surface area contributed by atoms with Gasteiger partial charge in [0.1, 0.15) is 0 Å². The van der Waals surface area contributed by atoms with Crippen LogP contribution in [0.3, 0.4) is 0 Å². The second kappa shape index (κ2) is 6.35. The van der Waals surface area contributed by atoms with Crippen LogP contribution in [0.25, 0.3) is 11.1 Å². The molecule has 0 fully saturated rings. The lowest BCUT2D eigenvalue weighted by molar-refractivity contribution is 1.01. The summed E-state index contributed by atoms with van der Waals surface area (Å²) in [7, 11) is 1.60. The molecule has 0 saturated carbocycles. The molecule has 0 bridgehead atoms. The summed E-state index contributed by atoms with van der Waals surface area (Å²) in [6, 6.07) is 18.4. The summed E-state index contributed by atoms with van der Waals surface area (Å²) in [5.41, 5.74) is 11.5. The fraction of sp³-hybridized carbons (Fsp3) is 0.0667. The number of nitrogens with zero attached hydrogens (tertiary/aromatic N) is 2. The molecular formula is C15H16N4. The van der Waals surface area contributed by atoms with E-state index in [2.05, 4.69) is 39.8 Å². The Morgan fingerprint density at radius 3 is 2.26 bits per heavy atom. The van der Waals surface area contributed by atoms with Crippen molar-refractivity contribution in [1.82, 2.24) is 5.43 Å². The summed E-state index contributed by atoms with van der Waals surface area (Å²) in [5.74, 6) is 0.289. The van der Waals surface area contributed by atoms with Gasteiger partial charge >= 0.3 is 0 Å². The van der Waals surface area contributed by atoms with Crippen LogP contribution in [-0.2, 0) is 0 Å². The molecule has 0 amide bonds. The Morgan fingerprint density at radius 1 is 1.00 bits per heavy atom. The quantitative estimate of drug-likeness (QED) is 0.500. The van der Waals surface area contributed by atoms with Crippen molar-refractivity contribution < 1.29 is 0 Å². The molecule has 4 heteroatoms. The second-order valence-electron chi connectivity index (χ2n) is 3.97. The number of nitrogens with two attached hydrogens (primary N) is 1. The first kappa shape index (κ1) is 12.8. The maximum Gasteiger partial charge on any atom is 0.209 e. The Balaban J connectivity index is 2.07. The average Bonchev–Trinajstić information content (AvgIpc) is 2.48. The summed E-state index contributed by atoms with van der Waals surface area (Å²) in [6.07, 6.45) is 1.70. The van der Waals surface area contributed by atoms with Gasteiger partial charge < -0.3 is 5.73 Å². The molecule has 0 radical (unpaired) electrons. The molecule has 96 valence electrons. The third-order valence-electron chi connectivity index (χ3n) is 2.65. The van der Waals surface area contributed by atoms with Crippen LogP contribution in [0.15, 0.2) is 64.7 Å². The largest absolute Gasteiger partial charge is 0.369 e. The number of benzene rings is 2. The van der Waals surface area contributed by atoms with Gasteiger partial charge in [0.25, 0.3) is 0 Å². The van der Waals surface area contributed by atoms with Gasteiger partial charge in [-0.3, -0.25) is 4.99 Å². The zero-order valence-electron chi connectivity index (χ0n) is 10.7. The minimum atomic E-state index is 0.289. The van der Waals surface area contributed by atoms with Crippen molar-refractivity contribution in [1.29, 1.82) is 0 Å². The minimum Gasteiger partial charge on any atom is -0.369 e. The lowest BCUT2D eigenvalue weighted by Gasteiger charge is -2.01. The molecule has 4 nitrogen and oxygen atoms in total. The van der Waals surface area contributed by atoms with Crippen LogP contribution in [-0.4, -0.2) is 19.2 Å². The van der Waals surface area contributed by atoms with E-state index in [0.29, 0.717) is 0 Å². The van der Waals surface area contributed by atoms with E-state index < -0.39 is 0 Å². The van der Waals surface area contributed by atoms with E-state index in [1.807, 2.05) is 30.3 Å². The van der Waals surface area contributed by atoms with Crippen LogP contribution < -0.4 is 11.2 Å². The fourth-order valence-electron chi connectivity index (χ4n) is 1.62. The summed E-state index contributed by atoms with van der Waals surface area (Å²) >= 11 is 0. The van der Waals surface area contributed by atoms with Crippen LogP contribution in [0.2, 0.25) is 0 Å². The summed E-state index contributed by atoms with van der Waals surface area (Å²) in [6.45, 7) is 0. The maximum absolute atomic E-state index is 5.46. The second-order valence-corrected chi connectivity index (χ2v) is 3.97. The van der Waals surface area contributed by atoms with E-state index in [1.165, 1.54) is 11.1 Å². The predicted molar refractivity (Wildman–Crippen MR) is 80.2 cm³/mol. The number of nitrogens with one attached hydrogen (secondary N) is 1. The smallest absolute Gasteiger partial charge is 0.209 e. The molecule has 3 N–H and O–H groups in total. The van der Waals surface area contributed by atoms with Crippen LogP contribution in [0.4, 0.5) is 0 Å². The van der Waals surface area contributed by atoms with Crippen molar-refractivity contribution in [2.75, 3.05) is 7.05 Å². The number of hydrazone groups is 1. The van der Waals surface area contributed by atoms with Gasteiger partial charge in [0, 0.05) is 7.05 Å². The standard InChI is InChI=1S/C15H16N4/c1-17-15(16)19-18-11-12-7-9-14(10-8-12)13-5-3-2-4-6-13/h2-11H,1H3,(H3,16,17,19). The highest BCUT2D eigenvalue weighted by Gasteiger charge is 1.95. The van der Waals surface area contributed by atoms with Crippen molar-refractivity contribution in [3.63, 3.8) is 0 Å². The minimum absolute atomic E-state index is 0.289. The van der Waals surface area contributed by atoms with Gasteiger partial charge in [0.05, 0.1) is 6.21 Å². The molecule has 2 aromatic rings. The number of hydrogen-bond acceptors (Lipinski definition) is 2. The Morgan fingerprint density at radius 2 is 1.63 bits per heavy atom. The number of rotatable bonds is 3. The predicted octanol–water partition coefficient (Wildman–Crippen LogP) is 2.22. The van der Waals surface area contributed by atoms with E-state index in [4.69, 9.17) is 5.73 Å². The average molecular weight is 252 g/mol. The summed E-state index contributed by atoms with van der Waals surface area (Å²) in [4.78, 5) is 3.74. The van der Waals surface area contributed by atoms with E-state index in [1.54, 1.807) is 13.3 Å². The van der Waals surface area contributed by atoms with Crippen LogP contribution >= 0.6 is 0 Å². The molecule has 0 aliphatic heterocycles.